The van der Waals surface area contributed by atoms with Gasteiger partial charge in [0.1, 0.15) is 5.76 Å². The highest BCUT2D eigenvalue weighted by molar-refractivity contribution is 5.94. The third-order valence-corrected chi connectivity index (χ3v) is 6.88. The summed E-state index contributed by atoms with van der Waals surface area (Å²) in [6.45, 7) is 3.93. The lowest BCUT2D eigenvalue weighted by Gasteiger charge is -2.42. The van der Waals surface area contributed by atoms with E-state index in [9.17, 15) is 9.59 Å². The molecule has 166 valence electrons. The average molecular weight is 434 g/mol. The van der Waals surface area contributed by atoms with Gasteiger partial charge in [-0.15, -0.1) is 0 Å². The second-order valence-corrected chi connectivity index (χ2v) is 8.87. The van der Waals surface area contributed by atoms with Crippen molar-refractivity contribution in [3.8, 4) is 0 Å². The van der Waals surface area contributed by atoms with E-state index in [1.54, 1.807) is 35.6 Å². The molecular weight excluding hydrogens is 406 g/mol. The van der Waals surface area contributed by atoms with E-state index in [1.165, 1.54) is 0 Å². The van der Waals surface area contributed by atoms with Gasteiger partial charge in [0.05, 0.1) is 5.41 Å². The number of likely N-dealkylation sites (tertiary alicyclic amines) is 2. The summed E-state index contributed by atoms with van der Waals surface area (Å²) in [7, 11) is 1.89. The molecule has 5 heterocycles. The molecule has 0 aromatic carbocycles. The quantitative estimate of drug-likeness (QED) is 0.632. The number of carbonyl (C=O) groups is 2. The number of pyridine rings is 1. The normalized spacial score (nSPS) is 23.3. The molecule has 8 heteroatoms. The first kappa shape index (κ1) is 20.5. The van der Waals surface area contributed by atoms with Crippen LogP contribution in [0.25, 0.3) is 0 Å². The Morgan fingerprint density at radius 2 is 2.00 bits per heavy atom. The topological polar surface area (TPSA) is 84.5 Å². The monoisotopic (exact) mass is 433 g/mol. The zero-order chi connectivity index (χ0) is 22.3. The van der Waals surface area contributed by atoms with Crippen LogP contribution in [0.4, 0.5) is 0 Å². The first-order valence-electron chi connectivity index (χ1n) is 11.0. The summed E-state index contributed by atoms with van der Waals surface area (Å²) in [5, 5.41) is 4.35. The maximum Gasteiger partial charge on any atom is 0.289 e. The van der Waals surface area contributed by atoms with Gasteiger partial charge in [-0.1, -0.05) is 0 Å². The Morgan fingerprint density at radius 1 is 1.19 bits per heavy atom. The Kier molecular flexibility index (Phi) is 5.07. The summed E-state index contributed by atoms with van der Waals surface area (Å²) in [6.07, 6.45) is 6.90. The molecule has 0 aliphatic carbocycles. The third-order valence-electron chi connectivity index (χ3n) is 6.88. The highest BCUT2D eigenvalue weighted by atomic mass is 16.3. The van der Waals surface area contributed by atoms with E-state index in [0.717, 1.165) is 24.1 Å². The number of amides is 2. The molecular formula is C24H27N5O3. The summed E-state index contributed by atoms with van der Waals surface area (Å²) in [5.74, 6) is 0.838. The molecule has 3 aromatic rings. The first-order chi connectivity index (χ1) is 15.5. The summed E-state index contributed by atoms with van der Waals surface area (Å²) in [4.78, 5) is 35.0. The minimum Gasteiger partial charge on any atom is -0.456 e. The molecule has 32 heavy (non-hydrogen) atoms. The molecule has 0 N–H and O–H groups in total. The van der Waals surface area contributed by atoms with Gasteiger partial charge in [-0.3, -0.25) is 19.3 Å². The lowest BCUT2D eigenvalue weighted by atomic mass is 9.70. The van der Waals surface area contributed by atoms with Crippen molar-refractivity contribution in [2.75, 3.05) is 19.6 Å². The Balaban J connectivity index is 1.49. The Hall–Kier alpha value is -3.42. The molecule has 0 saturated carbocycles. The number of furan rings is 1. The predicted molar refractivity (Wildman–Crippen MR) is 117 cm³/mol. The molecule has 8 nitrogen and oxygen atoms in total. The molecule has 2 fully saturated rings. The number of nitrogens with zero attached hydrogens (tertiary/aromatic N) is 5. The Morgan fingerprint density at radius 3 is 2.69 bits per heavy atom. The van der Waals surface area contributed by atoms with Crippen molar-refractivity contribution in [3.05, 3.63) is 71.7 Å². The van der Waals surface area contributed by atoms with Gasteiger partial charge in [0, 0.05) is 63.4 Å². The van der Waals surface area contributed by atoms with Crippen molar-refractivity contribution in [1.82, 2.24) is 24.6 Å². The Bertz CT molecular complexity index is 1140. The molecule has 2 aliphatic rings. The number of rotatable bonds is 4. The molecule has 3 aromatic heterocycles. The van der Waals surface area contributed by atoms with Crippen molar-refractivity contribution in [1.29, 1.82) is 0 Å². The molecule has 0 radical (unpaired) electrons. The second kappa shape index (κ2) is 7.93. The number of aromatic nitrogens is 3. The van der Waals surface area contributed by atoms with Crippen LogP contribution in [0.15, 0.2) is 53.3 Å². The zero-order valence-corrected chi connectivity index (χ0v) is 18.4. The van der Waals surface area contributed by atoms with Gasteiger partial charge in [0.15, 0.2) is 5.76 Å². The molecule has 0 bridgehead atoms. The number of piperidine rings is 1. The molecule has 5 rings (SSSR count). The van der Waals surface area contributed by atoms with E-state index in [2.05, 4.69) is 10.1 Å². The molecule has 2 amide bonds. The number of aryl methyl sites for hydroxylation is 2. The third kappa shape index (κ3) is 3.39. The van der Waals surface area contributed by atoms with Crippen LogP contribution in [0.2, 0.25) is 0 Å². The fraction of sp³-hybridized carbons (Fsp3) is 0.417. The SMILES string of the molecule is Cc1ccc(C(=O)N2C[C@@H](c3ccnn3C)[C@@]3(CCCN(Cc4ccncc4)C3=O)C2)o1. The lowest BCUT2D eigenvalue weighted by Crippen LogP contribution is -2.52. The van der Waals surface area contributed by atoms with Crippen molar-refractivity contribution >= 4 is 11.8 Å². The van der Waals surface area contributed by atoms with Crippen molar-refractivity contribution in [2.45, 2.75) is 32.2 Å². The van der Waals surface area contributed by atoms with Crippen LogP contribution in [0.1, 0.15) is 46.3 Å². The van der Waals surface area contributed by atoms with E-state index >= 15 is 0 Å². The van der Waals surface area contributed by atoms with Gasteiger partial charge in [-0.25, -0.2) is 0 Å². The number of hydrogen-bond acceptors (Lipinski definition) is 5. The summed E-state index contributed by atoms with van der Waals surface area (Å²) in [6, 6.07) is 9.35. The number of carbonyl (C=O) groups excluding carboxylic acids is 2. The van der Waals surface area contributed by atoms with Gasteiger partial charge in [-0.2, -0.15) is 5.10 Å². The van der Waals surface area contributed by atoms with E-state index in [-0.39, 0.29) is 17.7 Å². The fourth-order valence-electron chi connectivity index (χ4n) is 5.31. The van der Waals surface area contributed by atoms with E-state index in [4.69, 9.17) is 4.42 Å². The zero-order valence-electron chi connectivity index (χ0n) is 18.4. The van der Waals surface area contributed by atoms with Crippen molar-refractivity contribution in [2.24, 2.45) is 12.5 Å². The van der Waals surface area contributed by atoms with Gasteiger partial charge >= 0.3 is 0 Å². The minimum atomic E-state index is -0.670. The van der Waals surface area contributed by atoms with Gasteiger partial charge in [0.2, 0.25) is 5.91 Å². The maximum absolute atomic E-state index is 14.0. The van der Waals surface area contributed by atoms with Crippen LogP contribution < -0.4 is 0 Å². The largest absolute Gasteiger partial charge is 0.456 e. The highest BCUT2D eigenvalue weighted by Crippen LogP contribution is 2.49. The van der Waals surface area contributed by atoms with E-state index in [1.807, 2.05) is 41.8 Å². The predicted octanol–water partition coefficient (Wildman–Crippen LogP) is 2.77. The average Bonchev–Trinajstić information content (AvgIpc) is 3.51. The summed E-state index contributed by atoms with van der Waals surface area (Å²) < 4.78 is 7.43. The van der Waals surface area contributed by atoms with Crippen LogP contribution in [0, 0.1) is 12.3 Å². The number of hydrogen-bond donors (Lipinski definition) is 0. The highest BCUT2D eigenvalue weighted by Gasteiger charge is 2.57. The maximum atomic E-state index is 14.0. The van der Waals surface area contributed by atoms with Crippen molar-refractivity contribution in [3.63, 3.8) is 0 Å². The van der Waals surface area contributed by atoms with Crippen LogP contribution in [-0.4, -0.2) is 56.0 Å². The van der Waals surface area contributed by atoms with Gasteiger partial charge in [0.25, 0.3) is 5.91 Å². The van der Waals surface area contributed by atoms with E-state index in [0.29, 0.717) is 37.7 Å². The van der Waals surface area contributed by atoms with Crippen molar-refractivity contribution < 1.29 is 14.0 Å². The Labute approximate surface area is 186 Å². The molecule has 1 spiro atoms. The molecule has 2 aliphatic heterocycles. The van der Waals surface area contributed by atoms with Crippen LogP contribution >= 0.6 is 0 Å². The van der Waals surface area contributed by atoms with Crippen LogP contribution in [0.5, 0.6) is 0 Å². The second-order valence-electron chi connectivity index (χ2n) is 8.87. The first-order valence-corrected chi connectivity index (χ1v) is 11.0. The summed E-state index contributed by atoms with van der Waals surface area (Å²) >= 11 is 0. The smallest absolute Gasteiger partial charge is 0.289 e. The minimum absolute atomic E-state index is 0.109. The van der Waals surface area contributed by atoms with E-state index < -0.39 is 5.41 Å². The standard InChI is InChI=1S/C24H27N5O3/c1-17-4-5-21(32-17)22(30)29-15-19(20-8-12-26-27(20)2)24(16-29)9-3-13-28(23(24)31)14-18-6-10-25-11-7-18/h4-8,10-12,19H,3,9,13-16H2,1-2H3/t19-,24+/m0/s1. The fourth-order valence-corrected chi connectivity index (χ4v) is 5.31. The van der Waals surface area contributed by atoms with Crippen LogP contribution in [-0.2, 0) is 18.4 Å². The molecule has 2 saturated heterocycles. The summed E-state index contributed by atoms with van der Waals surface area (Å²) in [5.41, 5.74) is 1.37. The molecule has 0 unspecified atom stereocenters. The van der Waals surface area contributed by atoms with Crippen LogP contribution in [0.3, 0.4) is 0 Å². The van der Waals surface area contributed by atoms with Gasteiger partial charge in [-0.05, 0) is 55.7 Å². The van der Waals surface area contributed by atoms with Gasteiger partial charge < -0.3 is 14.2 Å². The molecule has 2 atom stereocenters. The lowest BCUT2D eigenvalue weighted by molar-refractivity contribution is -0.147.